The fourth-order valence-electron chi connectivity index (χ4n) is 7.68. The molecule has 6 heteroatoms. The normalized spacial score (nSPS) is 34.7. The molecule has 0 amide bonds. The van der Waals surface area contributed by atoms with E-state index >= 15 is 0 Å². The Morgan fingerprint density at radius 3 is 2.59 bits per heavy atom. The van der Waals surface area contributed by atoms with Gasteiger partial charge in [0.25, 0.3) is 0 Å². The number of nitrogens with one attached hydrogen (secondary N) is 1. The Morgan fingerprint density at radius 1 is 1.18 bits per heavy atom. The Balaban J connectivity index is 0.000000778. The van der Waals surface area contributed by atoms with Crippen molar-refractivity contribution in [2.75, 3.05) is 0 Å². The van der Waals surface area contributed by atoms with E-state index in [1.54, 1.807) is 5.57 Å². The van der Waals surface area contributed by atoms with Gasteiger partial charge in [0.05, 0.1) is 10.7 Å². The Hall–Kier alpha value is -0.508. The van der Waals surface area contributed by atoms with Crippen LogP contribution < -0.4 is 15.6 Å². The first-order valence-corrected chi connectivity index (χ1v) is 12.6. The monoisotopic (exact) mass is 705 g/mol. The maximum atomic E-state index is 7.13. The topological polar surface area (TPSA) is 50.1 Å². The summed E-state index contributed by atoms with van der Waals surface area (Å²) in [6, 6.07) is 0. The predicted molar refractivity (Wildman–Crippen MR) is 141 cm³/mol. The molecular formula is C28H41N3OSU. The van der Waals surface area contributed by atoms with Crippen molar-refractivity contribution in [3.63, 3.8) is 0 Å². The second-order valence-electron chi connectivity index (χ2n) is 10.4. The Morgan fingerprint density at radius 2 is 1.91 bits per heavy atom. The minimum absolute atomic E-state index is 0. The number of hydrogen-bond donors (Lipinski definition) is 2. The largest absolute Gasteiger partial charge is 2.00 e. The summed E-state index contributed by atoms with van der Waals surface area (Å²) < 4.78 is 2.36. The predicted octanol–water partition coefficient (Wildman–Crippen LogP) is 5.33. The molecule has 5 atom stereocenters. The molecule has 0 aromatic carbocycles. The first kappa shape index (κ1) is 29.7. The van der Waals surface area contributed by atoms with Gasteiger partial charge in [0.15, 0.2) is 0 Å². The van der Waals surface area contributed by atoms with Crippen LogP contribution in [0.1, 0.15) is 72.1 Å². The zero-order chi connectivity index (χ0) is 22.9. The van der Waals surface area contributed by atoms with Crippen LogP contribution in [0.3, 0.4) is 0 Å². The summed E-state index contributed by atoms with van der Waals surface area (Å²) in [5, 5.41) is 9.38. The molecular weight excluding hydrogens is 664 g/mol. The van der Waals surface area contributed by atoms with E-state index in [0.717, 1.165) is 23.1 Å². The number of imidazole rings is 1. The molecule has 4 aliphatic carbocycles. The van der Waals surface area contributed by atoms with Gasteiger partial charge in [0.1, 0.15) is 6.33 Å². The van der Waals surface area contributed by atoms with E-state index in [0.29, 0.717) is 5.41 Å². The number of nitrogens with zero attached hydrogens (tertiary/aromatic N) is 2. The van der Waals surface area contributed by atoms with Crippen LogP contribution >= 0.6 is 0 Å². The van der Waals surface area contributed by atoms with E-state index in [2.05, 4.69) is 69.0 Å². The number of allylic oxidation sites excluding steroid dienone is 5. The first-order valence-electron chi connectivity index (χ1n) is 12.2. The molecule has 2 fully saturated rings. The van der Waals surface area contributed by atoms with Crippen molar-refractivity contribution in [3.05, 3.63) is 54.8 Å². The summed E-state index contributed by atoms with van der Waals surface area (Å²) in [5.74, 6) is 2.48. The fraction of sp³-hybridized carbons (Fsp3) is 0.571. The molecule has 5 rings (SSSR count). The second-order valence-corrected chi connectivity index (χ2v) is 10.6. The molecule has 0 bridgehead atoms. The van der Waals surface area contributed by atoms with Crippen LogP contribution in [-0.2, 0) is 12.8 Å². The number of hydrogen-bond acceptors (Lipinski definition) is 4. The standard InChI is InChI=1S/C27H36N2.CH3.H2NOS.U/c1-5-9-24-23(6-2)28-18-29(24)25-14-13-21-20-12-11-19-10-7-8-16-26(19,3)22(20)15-17-27(21,25)4;;2-1-3;/h5-6,9,11,14,18,20-22H,1,7-8,10,12-13,15-17H2,2-4H3;1H3;1-2H;/q;2*-1;+2/b23-6+,24-9+;;;. The van der Waals surface area contributed by atoms with Crippen LogP contribution in [0.25, 0.3) is 17.8 Å². The Kier molecular flexibility index (Phi) is 10.6. The van der Waals surface area contributed by atoms with Gasteiger partial charge in [-0.25, -0.2) is 4.98 Å². The number of rotatable bonds is 2. The average molecular weight is 706 g/mol. The average Bonchev–Trinajstić information content (AvgIpc) is 3.34. The van der Waals surface area contributed by atoms with Crippen molar-refractivity contribution in [2.24, 2.45) is 28.6 Å². The van der Waals surface area contributed by atoms with Gasteiger partial charge in [-0.1, -0.05) is 56.7 Å². The van der Waals surface area contributed by atoms with Gasteiger partial charge >= 0.3 is 31.1 Å². The van der Waals surface area contributed by atoms with Gasteiger partial charge in [-0.05, 0) is 81.1 Å². The molecule has 1 aromatic heterocycles. The third kappa shape index (κ3) is 4.88. The summed E-state index contributed by atoms with van der Waals surface area (Å²) in [5.41, 5.74) is 4.03. The van der Waals surface area contributed by atoms with Crippen LogP contribution in [0, 0.1) is 67.1 Å². The van der Waals surface area contributed by atoms with E-state index in [4.69, 9.17) is 10.2 Å². The molecule has 4 aliphatic rings. The minimum atomic E-state index is 0. The maximum absolute atomic E-state index is 7.13. The molecule has 2 saturated carbocycles. The SMILES string of the molecule is C=C/C=c1\c(=C/C)ncn1C1=CCC2C3CC=C4CCCCC4(C)C3CCC12C.ON[S-].[CH3-].[U+2]. The van der Waals surface area contributed by atoms with E-state index < -0.39 is 0 Å². The summed E-state index contributed by atoms with van der Waals surface area (Å²) in [7, 11) is 0. The van der Waals surface area contributed by atoms with E-state index in [9.17, 15) is 0 Å². The Bertz CT molecular complexity index is 1040. The third-order valence-electron chi connectivity index (χ3n) is 9.20. The van der Waals surface area contributed by atoms with Crippen LogP contribution in [0.2, 0.25) is 0 Å². The zero-order valence-corrected chi connectivity index (χ0v) is 26.3. The van der Waals surface area contributed by atoms with Gasteiger partial charge in [-0.15, -0.1) is 0 Å². The van der Waals surface area contributed by atoms with Crippen LogP contribution in [0.15, 0.2) is 36.7 Å². The molecule has 5 unspecified atom stereocenters. The van der Waals surface area contributed by atoms with Gasteiger partial charge in [-0.2, -0.15) is 0 Å². The summed E-state index contributed by atoms with van der Waals surface area (Å²) >= 11 is 3.70. The molecule has 1 heterocycles. The molecule has 0 saturated heterocycles. The molecule has 34 heavy (non-hydrogen) atoms. The fourth-order valence-corrected chi connectivity index (χ4v) is 7.68. The van der Waals surface area contributed by atoms with E-state index in [-0.39, 0.29) is 44.0 Å². The van der Waals surface area contributed by atoms with Gasteiger partial charge in [-0.3, -0.25) is 0 Å². The van der Waals surface area contributed by atoms with Crippen LogP contribution in [0.5, 0.6) is 0 Å². The van der Waals surface area contributed by atoms with Crippen molar-refractivity contribution < 1.29 is 36.3 Å². The van der Waals surface area contributed by atoms with Crippen molar-refractivity contribution >= 4 is 30.7 Å². The molecule has 0 aliphatic heterocycles. The van der Waals surface area contributed by atoms with Crippen LogP contribution in [0.4, 0.5) is 0 Å². The van der Waals surface area contributed by atoms with Crippen molar-refractivity contribution in [1.29, 1.82) is 0 Å². The molecule has 4 nitrogen and oxygen atoms in total. The molecule has 1 aromatic rings. The smallest absolute Gasteiger partial charge is 0.675 e. The van der Waals surface area contributed by atoms with E-state index in [1.807, 2.05) is 12.4 Å². The molecule has 2 N–H and O–H groups in total. The van der Waals surface area contributed by atoms with Gasteiger partial charge in [0, 0.05) is 11.1 Å². The number of fused-ring (bicyclic) bond motifs is 5. The quantitative estimate of drug-likeness (QED) is 0.189. The summed E-state index contributed by atoms with van der Waals surface area (Å²) in [6.45, 7) is 11.2. The summed E-state index contributed by atoms with van der Waals surface area (Å²) in [4.78, 5) is 6.02. The van der Waals surface area contributed by atoms with Crippen molar-refractivity contribution in [3.8, 4) is 0 Å². The second kappa shape index (κ2) is 12.2. The van der Waals surface area contributed by atoms with Gasteiger partial charge in [0.2, 0.25) is 0 Å². The molecule has 0 radical (unpaired) electrons. The van der Waals surface area contributed by atoms with E-state index in [1.165, 1.54) is 67.3 Å². The minimum Gasteiger partial charge on any atom is -0.675 e. The maximum Gasteiger partial charge on any atom is 2.00 e. The summed E-state index contributed by atoms with van der Waals surface area (Å²) in [6.07, 6.45) is 24.2. The molecule has 0 spiro atoms. The first-order chi connectivity index (χ1) is 15.4. The number of aromatic nitrogens is 2. The molecule has 184 valence electrons. The third-order valence-corrected chi connectivity index (χ3v) is 9.20. The van der Waals surface area contributed by atoms with Crippen molar-refractivity contribution in [2.45, 2.75) is 72.1 Å². The van der Waals surface area contributed by atoms with Gasteiger partial charge < -0.3 is 34.9 Å². The van der Waals surface area contributed by atoms with Crippen LogP contribution in [-0.4, -0.2) is 14.8 Å². The van der Waals surface area contributed by atoms with Crippen molar-refractivity contribution in [1.82, 2.24) is 14.4 Å². The Labute approximate surface area is 235 Å². The zero-order valence-electron chi connectivity index (χ0n) is 21.3.